The molecule has 0 aromatic carbocycles. The summed E-state index contributed by atoms with van der Waals surface area (Å²) < 4.78 is 5.66. The first kappa shape index (κ1) is 13.3. The third kappa shape index (κ3) is 3.67. The van der Waals surface area contributed by atoms with Crippen molar-refractivity contribution in [3.63, 3.8) is 0 Å². The molecule has 0 bridgehead atoms. The van der Waals surface area contributed by atoms with E-state index in [1.165, 1.54) is 32.5 Å². The second kappa shape index (κ2) is 5.68. The van der Waals surface area contributed by atoms with E-state index in [1.807, 2.05) is 0 Å². The first-order chi connectivity index (χ1) is 8.10. The van der Waals surface area contributed by atoms with Gasteiger partial charge in [0.15, 0.2) is 0 Å². The molecule has 2 aliphatic rings. The van der Waals surface area contributed by atoms with Gasteiger partial charge in [-0.1, -0.05) is 20.8 Å². The minimum Gasteiger partial charge on any atom is -0.381 e. The molecule has 1 N–H and O–H groups in total. The van der Waals surface area contributed by atoms with E-state index in [2.05, 4.69) is 31.0 Å². The molecule has 17 heavy (non-hydrogen) atoms. The summed E-state index contributed by atoms with van der Waals surface area (Å²) in [5.41, 5.74) is 0.369. The number of nitrogens with zero attached hydrogens (tertiary/aromatic N) is 1. The normalized spacial score (nSPS) is 34.9. The molecule has 2 saturated heterocycles. The van der Waals surface area contributed by atoms with E-state index in [0.29, 0.717) is 11.5 Å². The van der Waals surface area contributed by atoms with Gasteiger partial charge >= 0.3 is 0 Å². The maximum Gasteiger partial charge on any atom is 0.0547 e. The van der Waals surface area contributed by atoms with Crippen molar-refractivity contribution in [1.29, 1.82) is 0 Å². The summed E-state index contributed by atoms with van der Waals surface area (Å²) in [6.07, 6.45) is 2.59. The Morgan fingerprint density at radius 2 is 2.29 bits per heavy atom. The molecular formula is C14H28N2O. The van der Waals surface area contributed by atoms with Gasteiger partial charge < -0.3 is 15.0 Å². The van der Waals surface area contributed by atoms with Crippen LogP contribution in [0.5, 0.6) is 0 Å². The highest BCUT2D eigenvalue weighted by atomic mass is 16.5. The molecular weight excluding hydrogens is 212 g/mol. The fraction of sp³-hybridized carbons (Fsp3) is 1.00. The Hall–Kier alpha value is -0.120. The summed E-state index contributed by atoms with van der Waals surface area (Å²) in [5, 5.41) is 3.61. The molecule has 0 radical (unpaired) electrons. The lowest BCUT2D eigenvalue weighted by Gasteiger charge is -2.33. The predicted octanol–water partition coefficient (Wildman–Crippen LogP) is 1.73. The van der Waals surface area contributed by atoms with E-state index in [1.54, 1.807) is 0 Å². The fourth-order valence-corrected chi connectivity index (χ4v) is 3.03. The van der Waals surface area contributed by atoms with Crippen LogP contribution >= 0.6 is 0 Å². The van der Waals surface area contributed by atoms with Gasteiger partial charge in [0.1, 0.15) is 0 Å². The van der Waals surface area contributed by atoms with E-state index in [0.717, 1.165) is 25.7 Å². The van der Waals surface area contributed by atoms with E-state index in [4.69, 9.17) is 4.74 Å². The molecule has 2 rings (SSSR count). The average Bonchev–Trinajstić information content (AvgIpc) is 2.87. The second-order valence-electron chi connectivity index (χ2n) is 6.47. The highest BCUT2D eigenvalue weighted by Gasteiger charge is 2.37. The summed E-state index contributed by atoms with van der Waals surface area (Å²) in [4.78, 5) is 2.64. The molecule has 2 unspecified atom stereocenters. The highest BCUT2D eigenvalue weighted by Crippen LogP contribution is 2.31. The molecule has 0 aromatic rings. The van der Waals surface area contributed by atoms with Crippen LogP contribution in [0.3, 0.4) is 0 Å². The molecule has 2 aliphatic heterocycles. The third-order valence-electron chi connectivity index (χ3n) is 4.14. The van der Waals surface area contributed by atoms with Crippen LogP contribution in [-0.2, 0) is 4.74 Å². The van der Waals surface area contributed by atoms with Crippen LogP contribution in [0.15, 0.2) is 0 Å². The smallest absolute Gasteiger partial charge is 0.0547 e. The van der Waals surface area contributed by atoms with Crippen molar-refractivity contribution in [2.75, 3.05) is 39.4 Å². The van der Waals surface area contributed by atoms with Crippen LogP contribution in [-0.4, -0.2) is 50.3 Å². The van der Waals surface area contributed by atoms with Gasteiger partial charge in [0.05, 0.1) is 6.61 Å². The maximum absolute atomic E-state index is 5.66. The molecule has 100 valence electrons. The lowest BCUT2D eigenvalue weighted by molar-refractivity contribution is 0.115. The van der Waals surface area contributed by atoms with Gasteiger partial charge in [0.2, 0.25) is 0 Å². The monoisotopic (exact) mass is 240 g/mol. The first-order valence-corrected chi connectivity index (χ1v) is 7.13. The number of hydrogen-bond acceptors (Lipinski definition) is 3. The summed E-state index contributed by atoms with van der Waals surface area (Å²) in [5.74, 6) is 0.882. The van der Waals surface area contributed by atoms with E-state index >= 15 is 0 Å². The summed E-state index contributed by atoms with van der Waals surface area (Å²) >= 11 is 0. The van der Waals surface area contributed by atoms with Gasteiger partial charge in [-0.05, 0) is 25.3 Å². The zero-order valence-electron chi connectivity index (χ0n) is 11.7. The maximum atomic E-state index is 5.66. The molecule has 0 aliphatic carbocycles. The van der Waals surface area contributed by atoms with Crippen molar-refractivity contribution in [2.24, 2.45) is 11.3 Å². The lowest BCUT2D eigenvalue weighted by atomic mass is 9.86. The summed E-state index contributed by atoms with van der Waals surface area (Å²) in [7, 11) is 0. The minimum absolute atomic E-state index is 0.369. The fourth-order valence-electron chi connectivity index (χ4n) is 3.03. The zero-order valence-corrected chi connectivity index (χ0v) is 11.7. The zero-order chi connectivity index (χ0) is 12.3. The van der Waals surface area contributed by atoms with Crippen LogP contribution < -0.4 is 5.32 Å². The Morgan fingerprint density at radius 1 is 1.47 bits per heavy atom. The molecule has 2 heterocycles. The Morgan fingerprint density at radius 3 is 2.82 bits per heavy atom. The average molecular weight is 240 g/mol. The number of ether oxygens (including phenoxy) is 1. The topological polar surface area (TPSA) is 24.5 Å². The van der Waals surface area contributed by atoms with Gasteiger partial charge in [-0.15, -0.1) is 0 Å². The van der Waals surface area contributed by atoms with Crippen molar-refractivity contribution in [3.8, 4) is 0 Å². The van der Waals surface area contributed by atoms with Crippen molar-refractivity contribution in [1.82, 2.24) is 10.2 Å². The molecule has 0 saturated carbocycles. The van der Waals surface area contributed by atoms with E-state index in [9.17, 15) is 0 Å². The molecule has 0 aromatic heterocycles. The summed E-state index contributed by atoms with van der Waals surface area (Å²) in [6.45, 7) is 13.6. The van der Waals surface area contributed by atoms with Gasteiger partial charge in [-0.25, -0.2) is 0 Å². The van der Waals surface area contributed by atoms with Gasteiger partial charge in [-0.2, -0.15) is 0 Å². The van der Waals surface area contributed by atoms with Crippen molar-refractivity contribution < 1.29 is 4.74 Å². The summed E-state index contributed by atoms with van der Waals surface area (Å²) in [6, 6.07) is 0.574. The first-order valence-electron chi connectivity index (χ1n) is 7.13. The van der Waals surface area contributed by atoms with Crippen LogP contribution in [0.1, 0.15) is 33.6 Å². The standard InChI is InChI=1S/C14H28N2O/c1-12(2)15-9-14(5-7-17-11-14)10-16-6-4-13(3)8-16/h12-13,15H,4-11H2,1-3H3. The van der Waals surface area contributed by atoms with Crippen LogP contribution in [0, 0.1) is 11.3 Å². The van der Waals surface area contributed by atoms with Gasteiger partial charge in [-0.3, -0.25) is 0 Å². The van der Waals surface area contributed by atoms with Gasteiger partial charge in [0.25, 0.3) is 0 Å². The number of nitrogens with one attached hydrogen (secondary N) is 1. The molecule has 0 amide bonds. The molecule has 0 spiro atoms. The van der Waals surface area contributed by atoms with Crippen molar-refractivity contribution in [3.05, 3.63) is 0 Å². The Labute approximate surface area is 106 Å². The largest absolute Gasteiger partial charge is 0.381 e. The quantitative estimate of drug-likeness (QED) is 0.792. The molecule has 3 heteroatoms. The van der Waals surface area contributed by atoms with E-state index in [-0.39, 0.29) is 0 Å². The molecule has 2 fully saturated rings. The Balaban J connectivity index is 1.87. The Kier molecular flexibility index (Phi) is 4.45. The van der Waals surface area contributed by atoms with Crippen molar-refractivity contribution in [2.45, 2.75) is 39.7 Å². The SMILES string of the molecule is CC1CCN(CC2(CNC(C)C)CCOC2)C1. The van der Waals surface area contributed by atoms with Crippen LogP contribution in [0.25, 0.3) is 0 Å². The van der Waals surface area contributed by atoms with Crippen LogP contribution in [0.4, 0.5) is 0 Å². The van der Waals surface area contributed by atoms with E-state index < -0.39 is 0 Å². The molecule has 3 nitrogen and oxygen atoms in total. The van der Waals surface area contributed by atoms with Gasteiger partial charge in [0, 0.05) is 37.7 Å². The number of hydrogen-bond donors (Lipinski definition) is 1. The number of likely N-dealkylation sites (tertiary alicyclic amines) is 1. The lowest BCUT2D eigenvalue weighted by Crippen LogP contribution is -2.45. The minimum atomic E-state index is 0.369. The highest BCUT2D eigenvalue weighted by molar-refractivity contribution is 4.90. The number of rotatable bonds is 5. The second-order valence-corrected chi connectivity index (χ2v) is 6.47. The predicted molar refractivity (Wildman–Crippen MR) is 71.2 cm³/mol. The molecule has 2 atom stereocenters. The van der Waals surface area contributed by atoms with Crippen molar-refractivity contribution >= 4 is 0 Å². The Bertz CT molecular complexity index is 236. The third-order valence-corrected chi connectivity index (χ3v) is 4.14. The van der Waals surface area contributed by atoms with Crippen LogP contribution in [0.2, 0.25) is 0 Å².